The number of methoxy groups -OCH3 is 1. The first-order valence-corrected chi connectivity index (χ1v) is 10.4. The first-order valence-electron chi connectivity index (χ1n) is 9.61. The van der Waals surface area contributed by atoms with Crippen LogP contribution in [0.2, 0.25) is 5.02 Å². The van der Waals surface area contributed by atoms with Crippen LogP contribution in [-0.2, 0) is 4.74 Å². The Hall–Kier alpha value is -2.81. The zero-order valence-corrected chi connectivity index (χ0v) is 18.5. The third-order valence-electron chi connectivity index (χ3n) is 5.06. The molecule has 1 aliphatic heterocycles. The molecule has 0 radical (unpaired) electrons. The van der Waals surface area contributed by atoms with Gasteiger partial charge in [-0.25, -0.2) is 4.39 Å². The van der Waals surface area contributed by atoms with Gasteiger partial charge in [0.1, 0.15) is 5.82 Å². The molecule has 9 heteroatoms. The average molecular weight is 459 g/mol. The van der Waals surface area contributed by atoms with E-state index in [1.54, 1.807) is 25.3 Å². The number of ether oxygens (including phenoxy) is 1. The maximum atomic E-state index is 14.0. The Morgan fingerprint density at radius 1 is 1.26 bits per heavy atom. The molecule has 1 aliphatic rings. The van der Waals surface area contributed by atoms with Crippen molar-refractivity contribution in [3.8, 4) is 11.4 Å². The van der Waals surface area contributed by atoms with Crippen molar-refractivity contribution in [2.75, 3.05) is 20.3 Å². The average Bonchev–Trinajstić information content (AvgIpc) is 3.23. The summed E-state index contributed by atoms with van der Waals surface area (Å²) in [5, 5.41) is 8.56. The molecule has 0 saturated carbocycles. The standard InChI is InChI=1S/C22H20ClFN4O2S/c1-13-18(21-26-20(27-30-21)14-6-8-16(23)9-7-14)19(15-4-3-5-17(24)12-15)25-22(31)28(13)10-11-29-2/h3-9,12,19H,10-11H2,1-2H3,(H,25,31). The van der Waals surface area contributed by atoms with E-state index in [1.807, 2.05) is 30.0 Å². The predicted octanol–water partition coefficient (Wildman–Crippen LogP) is 4.84. The van der Waals surface area contributed by atoms with Gasteiger partial charge in [-0.1, -0.05) is 28.9 Å². The van der Waals surface area contributed by atoms with E-state index in [0.29, 0.717) is 40.6 Å². The third-order valence-corrected chi connectivity index (χ3v) is 5.65. The number of aromatic nitrogens is 2. The van der Waals surface area contributed by atoms with Crippen molar-refractivity contribution in [3.63, 3.8) is 0 Å². The van der Waals surface area contributed by atoms with E-state index in [1.165, 1.54) is 12.1 Å². The van der Waals surface area contributed by atoms with Gasteiger partial charge in [-0.15, -0.1) is 0 Å². The van der Waals surface area contributed by atoms with Crippen LogP contribution in [0.4, 0.5) is 4.39 Å². The number of rotatable bonds is 6. The molecule has 1 atom stereocenters. The number of benzene rings is 2. The SMILES string of the molecule is COCCN1C(=S)NC(c2cccc(F)c2)C(c2nc(-c3ccc(Cl)cc3)no2)=C1C. The van der Waals surface area contributed by atoms with E-state index in [4.69, 9.17) is 33.1 Å². The summed E-state index contributed by atoms with van der Waals surface area (Å²) < 4.78 is 24.8. The Morgan fingerprint density at radius 3 is 2.74 bits per heavy atom. The smallest absolute Gasteiger partial charge is 0.258 e. The lowest BCUT2D eigenvalue weighted by atomic mass is 9.94. The Morgan fingerprint density at radius 2 is 2.03 bits per heavy atom. The number of hydrogen-bond donors (Lipinski definition) is 1. The van der Waals surface area contributed by atoms with Crippen molar-refractivity contribution in [2.24, 2.45) is 0 Å². The second kappa shape index (κ2) is 9.13. The molecule has 0 spiro atoms. The molecule has 1 aromatic heterocycles. The van der Waals surface area contributed by atoms with E-state index in [2.05, 4.69) is 15.5 Å². The summed E-state index contributed by atoms with van der Waals surface area (Å²) in [6.45, 7) is 2.96. The third kappa shape index (κ3) is 4.46. The number of hydrogen-bond acceptors (Lipinski definition) is 5. The van der Waals surface area contributed by atoms with Crippen LogP contribution in [0.3, 0.4) is 0 Å². The van der Waals surface area contributed by atoms with Gasteiger partial charge in [-0.05, 0) is 61.1 Å². The van der Waals surface area contributed by atoms with Crippen LogP contribution in [0.15, 0.2) is 58.8 Å². The molecule has 3 aromatic rings. The molecule has 1 unspecified atom stereocenters. The molecule has 6 nitrogen and oxygen atoms in total. The van der Waals surface area contributed by atoms with Gasteiger partial charge in [-0.2, -0.15) is 4.98 Å². The second-order valence-electron chi connectivity index (χ2n) is 7.01. The molecular formula is C22H20ClFN4O2S. The lowest BCUT2D eigenvalue weighted by molar-refractivity contribution is 0.183. The highest BCUT2D eigenvalue weighted by Gasteiger charge is 2.34. The molecule has 0 amide bonds. The van der Waals surface area contributed by atoms with Crippen LogP contribution in [0.5, 0.6) is 0 Å². The van der Waals surface area contributed by atoms with Crippen molar-refractivity contribution in [1.82, 2.24) is 20.4 Å². The summed E-state index contributed by atoms with van der Waals surface area (Å²) in [4.78, 5) is 6.52. The van der Waals surface area contributed by atoms with Crippen LogP contribution in [0.25, 0.3) is 17.0 Å². The fourth-order valence-corrected chi connectivity index (χ4v) is 3.97. The molecule has 31 heavy (non-hydrogen) atoms. The van der Waals surface area contributed by atoms with Gasteiger partial charge >= 0.3 is 0 Å². The molecule has 0 saturated heterocycles. The second-order valence-corrected chi connectivity index (χ2v) is 7.83. The quantitative estimate of drug-likeness (QED) is 0.530. The van der Waals surface area contributed by atoms with Gasteiger partial charge < -0.3 is 19.5 Å². The van der Waals surface area contributed by atoms with E-state index >= 15 is 0 Å². The fourth-order valence-electron chi connectivity index (χ4n) is 3.50. The molecule has 0 bridgehead atoms. The van der Waals surface area contributed by atoms with Crippen LogP contribution in [-0.4, -0.2) is 40.4 Å². The fraction of sp³-hybridized carbons (Fsp3) is 0.227. The van der Waals surface area contributed by atoms with E-state index in [9.17, 15) is 4.39 Å². The number of thiocarbonyl (C=S) groups is 1. The molecule has 160 valence electrons. The van der Waals surface area contributed by atoms with Crippen molar-refractivity contribution >= 4 is 34.5 Å². The Balaban J connectivity index is 1.80. The summed E-state index contributed by atoms with van der Waals surface area (Å²) in [5.41, 5.74) is 3.04. The molecule has 2 aromatic carbocycles. The minimum absolute atomic E-state index is 0.328. The van der Waals surface area contributed by atoms with Crippen LogP contribution in [0.1, 0.15) is 24.4 Å². The normalized spacial score (nSPS) is 16.6. The number of halogens is 2. The van der Waals surface area contributed by atoms with Crippen LogP contribution < -0.4 is 5.32 Å². The van der Waals surface area contributed by atoms with Gasteiger partial charge in [0, 0.05) is 29.9 Å². The van der Waals surface area contributed by atoms with Crippen molar-refractivity contribution in [3.05, 3.63) is 76.5 Å². The first-order chi connectivity index (χ1) is 15.0. The maximum Gasteiger partial charge on any atom is 0.258 e. The summed E-state index contributed by atoms with van der Waals surface area (Å²) in [5.74, 6) is 0.423. The predicted molar refractivity (Wildman–Crippen MR) is 121 cm³/mol. The van der Waals surface area contributed by atoms with Gasteiger partial charge in [0.2, 0.25) is 5.82 Å². The molecule has 4 rings (SSSR count). The van der Waals surface area contributed by atoms with Gasteiger partial charge in [0.25, 0.3) is 5.89 Å². The molecular weight excluding hydrogens is 439 g/mol. The van der Waals surface area contributed by atoms with E-state index < -0.39 is 6.04 Å². The van der Waals surface area contributed by atoms with Gasteiger partial charge in [0.05, 0.1) is 18.2 Å². The largest absolute Gasteiger partial charge is 0.383 e. The summed E-state index contributed by atoms with van der Waals surface area (Å²) in [6.07, 6.45) is 0. The Kier molecular flexibility index (Phi) is 6.31. The number of nitrogens with zero attached hydrogens (tertiary/aromatic N) is 3. The van der Waals surface area contributed by atoms with Crippen molar-refractivity contribution < 1.29 is 13.7 Å². The molecule has 0 aliphatic carbocycles. The highest BCUT2D eigenvalue weighted by atomic mass is 35.5. The van der Waals surface area contributed by atoms with E-state index in [-0.39, 0.29) is 5.82 Å². The van der Waals surface area contributed by atoms with Crippen molar-refractivity contribution in [1.29, 1.82) is 0 Å². The van der Waals surface area contributed by atoms with E-state index in [0.717, 1.165) is 16.8 Å². The minimum atomic E-state index is -0.444. The highest BCUT2D eigenvalue weighted by molar-refractivity contribution is 7.80. The topological polar surface area (TPSA) is 63.4 Å². The summed E-state index contributed by atoms with van der Waals surface area (Å²) in [7, 11) is 1.63. The summed E-state index contributed by atoms with van der Waals surface area (Å²) in [6, 6.07) is 13.1. The molecule has 0 fully saturated rings. The maximum absolute atomic E-state index is 14.0. The zero-order valence-electron chi connectivity index (χ0n) is 16.9. The van der Waals surface area contributed by atoms with Crippen molar-refractivity contribution in [2.45, 2.75) is 13.0 Å². The monoisotopic (exact) mass is 458 g/mol. The first kappa shape index (κ1) is 21.4. The van der Waals surface area contributed by atoms with Gasteiger partial charge in [0.15, 0.2) is 5.11 Å². The Bertz CT molecular complexity index is 1130. The van der Waals surface area contributed by atoms with Gasteiger partial charge in [-0.3, -0.25) is 0 Å². The zero-order chi connectivity index (χ0) is 22.0. The highest BCUT2D eigenvalue weighted by Crippen LogP contribution is 2.37. The van der Waals surface area contributed by atoms with Crippen LogP contribution >= 0.6 is 23.8 Å². The number of nitrogens with one attached hydrogen (secondary N) is 1. The molecule has 1 N–H and O–H groups in total. The number of allylic oxidation sites excluding steroid dienone is 1. The Labute approximate surface area is 189 Å². The molecule has 2 heterocycles. The van der Waals surface area contributed by atoms with Crippen LogP contribution in [0, 0.1) is 5.82 Å². The lowest BCUT2D eigenvalue weighted by Crippen LogP contribution is -2.47. The minimum Gasteiger partial charge on any atom is -0.383 e. The lowest BCUT2D eigenvalue weighted by Gasteiger charge is -2.37. The summed E-state index contributed by atoms with van der Waals surface area (Å²) >= 11 is 11.6.